The van der Waals surface area contributed by atoms with E-state index in [2.05, 4.69) is 20.0 Å². The number of amides is 2. The number of para-hydroxylation sites is 3. The first-order chi connectivity index (χ1) is 13.8. The van der Waals surface area contributed by atoms with Gasteiger partial charge in [0, 0.05) is 25.6 Å². The highest BCUT2D eigenvalue weighted by Gasteiger charge is 2.32. The molecule has 0 aliphatic rings. The number of halogens is 3. The van der Waals surface area contributed by atoms with E-state index in [0.29, 0.717) is 19.4 Å². The van der Waals surface area contributed by atoms with Crippen molar-refractivity contribution in [3.8, 4) is 5.75 Å². The van der Waals surface area contributed by atoms with E-state index in [4.69, 9.17) is 0 Å². The van der Waals surface area contributed by atoms with Crippen LogP contribution >= 0.6 is 0 Å². The van der Waals surface area contributed by atoms with Crippen LogP contribution < -0.4 is 10.1 Å². The van der Waals surface area contributed by atoms with Crippen molar-refractivity contribution in [1.82, 2.24) is 20.2 Å². The normalized spacial score (nSPS) is 11.4. The standard InChI is InChI=1S/C20H21F3N4O2/c1-27(13-14-7-2-5-10-17(14)29-20(21,22)23)19(28)24-12-6-11-18-25-15-8-3-4-9-16(15)26-18/h2-5,7-10H,6,11-13H2,1H3,(H,24,28)(H,25,26). The van der Waals surface area contributed by atoms with Gasteiger partial charge in [0.1, 0.15) is 11.6 Å². The molecule has 9 heteroatoms. The number of alkyl halides is 3. The van der Waals surface area contributed by atoms with Crippen LogP contribution in [-0.4, -0.2) is 40.9 Å². The second kappa shape index (κ2) is 8.85. The molecule has 29 heavy (non-hydrogen) atoms. The number of fused-ring (bicyclic) bond motifs is 1. The number of rotatable bonds is 7. The zero-order chi connectivity index (χ0) is 20.9. The summed E-state index contributed by atoms with van der Waals surface area (Å²) in [4.78, 5) is 21.2. The average Bonchev–Trinajstić information content (AvgIpc) is 3.08. The molecule has 1 heterocycles. The summed E-state index contributed by atoms with van der Waals surface area (Å²) in [7, 11) is 1.51. The molecule has 2 amide bonds. The van der Waals surface area contributed by atoms with Crippen LogP contribution in [0.2, 0.25) is 0 Å². The average molecular weight is 406 g/mol. The largest absolute Gasteiger partial charge is 0.573 e. The van der Waals surface area contributed by atoms with Gasteiger partial charge in [-0.05, 0) is 24.6 Å². The number of aromatic amines is 1. The molecule has 2 N–H and O–H groups in total. The Balaban J connectivity index is 1.47. The fraction of sp³-hybridized carbons (Fsp3) is 0.300. The molecule has 1 aromatic heterocycles. The second-order valence-electron chi connectivity index (χ2n) is 6.55. The van der Waals surface area contributed by atoms with Gasteiger partial charge in [-0.1, -0.05) is 30.3 Å². The fourth-order valence-corrected chi connectivity index (χ4v) is 2.90. The summed E-state index contributed by atoms with van der Waals surface area (Å²) in [6, 6.07) is 13.1. The Morgan fingerprint density at radius 3 is 2.66 bits per heavy atom. The van der Waals surface area contributed by atoms with Crippen molar-refractivity contribution in [3.63, 3.8) is 0 Å². The number of benzene rings is 2. The number of aromatic nitrogens is 2. The van der Waals surface area contributed by atoms with Crippen molar-refractivity contribution >= 4 is 17.1 Å². The van der Waals surface area contributed by atoms with Crippen molar-refractivity contribution < 1.29 is 22.7 Å². The number of aryl methyl sites for hydroxylation is 1. The molecule has 0 saturated heterocycles. The zero-order valence-corrected chi connectivity index (χ0v) is 15.8. The summed E-state index contributed by atoms with van der Waals surface area (Å²) < 4.78 is 41.5. The second-order valence-corrected chi connectivity index (χ2v) is 6.55. The first kappa shape index (κ1) is 20.5. The highest BCUT2D eigenvalue weighted by atomic mass is 19.4. The van der Waals surface area contributed by atoms with E-state index in [0.717, 1.165) is 16.9 Å². The summed E-state index contributed by atoms with van der Waals surface area (Å²) in [6.07, 6.45) is -3.44. The lowest BCUT2D eigenvalue weighted by molar-refractivity contribution is -0.275. The lowest BCUT2D eigenvalue weighted by Crippen LogP contribution is -2.37. The third-order valence-corrected chi connectivity index (χ3v) is 4.26. The van der Waals surface area contributed by atoms with Crippen molar-refractivity contribution in [2.75, 3.05) is 13.6 Å². The monoisotopic (exact) mass is 406 g/mol. The Kier molecular flexibility index (Phi) is 6.26. The van der Waals surface area contributed by atoms with Crippen LogP contribution in [0.4, 0.5) is 18.0 Å². The highest BCUT2D eigenvalue weighted by molar-refractivity contribution is 5.75. The van der Waals surface area contributed by atoms with E-state index in [9.17, 15) is 18.0 Å². The van der Waals surface area contributed by atoms with Crippen molar-refractivity contribution in [1.29, 1.82) is 0 Å². The first-order valence-corrected chi connectivity index (χ1v) is 9.08. The lowest BCUT2D eigenvalue weighted by Gasteiger charge is -2.20. The Hall–Kier alpha value is -3.23. The van der Waals surface area contributed by atoms with Crippen LogP contribution in [0.25, 0.3) is 11.0 Å². The SMILES string of the molecule is CN(Cc1ccccc1OC(F)(F)F)C(=O)NCCCc1nc2ccccc2[nH]1. The molecule has 0 aliphatic carbocycles. The fourth-order valence-electron chi connectivity index (χ4n) is 2.90. The summed E-state index contributed by atoms with van der Waals surface area (Å²) in [5.74, 6) is 0.525. The third-order valence-electron chi connectivity index (χ3n) is 4.26. The Bertz CT molecular complexity index is 939. The molecule has 2 aromatic carbocycles. The molecule has 0 fully saturated rings. The van der Waals surface area contributed by atoms with Gasteiger partial charge in [-0.2, -0.15) is 0 Å². The number of hydrogen-bond donors (Lipinski definition) is 2. The summed E-state index contributed by atoms with van der Waals surface area (Å²) in [6.45, 7) is 0.405. The van der Waals surface area contributed by atoms with Gasteiger partial charge in [0.2, 0.25) is 0 Å². The number of carbonyl (C=O) groups excluding carboxylic acids is 1. The van der Waals surface area contributed by atoms with E-state index in [1.165, 1.54) is 30.1 Å². The minimum absolute atomic E-state index is 0.0122. The maximum Gasteiger partial charge on any atom is 0.573 e. The van der Waals surface area contributed by atoms with Gasteiger partial charge in [-0.15, -0.1) is 13.2 Å². The number of H-pyrrole nitrogens is 1. The van der Waals surface area contributed by atoms with Crippen molar-refractivity contribution in [2.24, 2.45) is 0 Å². The van der Waals surface area contributed by atoms with Gasteiger partial charge in [0.25, 0.3) is 0 Å². The minimum Gasteiger partial charge on any atom is -0.405 e. The van der Waals surface area contributed by atoms with Gasteiger partial charge >= 0.3 is 12.4 Å². The minimum atomic E-state index is -4.78. The van der Waals surface area contributed by atoms with Gasteiger partial charge in [-0.3, -0.25) is 0 Å². The van der Waals surface area contributed by atoms with Crippen LogP contribution in [0.5, 0.6) is 5.75 Å². The van der Waals surface area contributed by atoms with E-state index in [-0.39, 0.29) is 23.9 Å². The van der Waals surface area contributed by atoms with Crippen LogP contribution in [0.1, 0.15) is 17.8 Å². The molecule has 3 rings (SSSR count). The number of carbonyl (C=O) groups is 1. The van der Waals surface area contributed by atoms with E-state index in [1.807, 2.05) is 24.3 Å². The predicted molar refractivity (Wildman–Crippen MR) is 102 cm³/mol. The molecule has 0 saturated carbocycles. The number of ether oxygens (including phenoxy) is 1. The summed E-state index contributed by atoms with van der Waals surface area (Å²) >= 11 is 0. The smallest absolute Gasteiger partial charge is 0.405 e. The zero-order valence-electron chi connectivity index (χ0n) is 15.8. The molecule has 0 bridgehead atoms. The van der Waals surface area contributed by atoms with Crippen molar-refractivity contribution in [3.05, 3.63) is 59.9 Å². The first-order valence-electron chi connectivity index (χ1n) is 9.08. The van der Waals surface area contributed by atoms with E-state index >= 15 is 0 Å². The molecular weight excluding hydrogens is 385 g/mol. The number of nitrogens with one attached hydrogen (secondary N) is 2. The number of imidazole rings is 1. The summed E-state index contributed by atoms with van der Waals surface area (Å²) in [5.41, 5.74) is 2.13. The van der Waals surface area contributed by atoms with Gasteiger partial charge in [0.15, 0.2) is 0 Å². The predicted octanol–water partition coefficient (Wildman–Crippen LogP) is 4.24. The molecular formula is C20H21F3N4O2. The Labute approximate surface area is 165 Å². The third kappa shape index (κ3) is 5.87. The summed E-state index contributed by atoms with van der Waals surface area (Å²) in [5, 5.41) is 2.76. The van der Waals surface area contributed by atoms with Gasteiger partial charge in [-0.25, -0.2) is 9.78 Å². The topological polar surface area (TPSA) is 70.2 Å². The molecule has 6 nitrogen and oxygen atoms in total. The van der Waals surface area contributed by atoms with Crippen LogP contribution in [0, 0.1) is 0 Å². The van der Waals surface area contributed by atoms with Crippen molar-refractivity contribution in [2.45, 2.75) is 25.7 Å². The van der Waals surface area contributed by atoms with E-state index in [1.54, 1.807) is 6.07 Å². The number of hydrogen-bond acceptors (Lipinski definition) is 3. The molecule has 0 radical (unpaired) electrons. The quantitative estimate of drug-likeness (QED) is 0.577. The van der Waals surface area contributed by atoms with Crippen LogP contribution in [-0.2, 0) is 13.0 Å². The lowest BCUT2D eigenvalue weighted by atomic mass is 10.2. The molecule has 0 aliphatic heterocycles. The van der Waals surface area contributed by atoms with Gasteiger partial charge < -0.3 is 19.9 Å². The molecule has 0 atom stereocenters. The number of urea groups is 1. The van der Waals surface area contributed by atoms with Crippen LogP contribution in [0.3, 0.4) is 0 Å². The van der Waals surface area contributed by atoms with E-state index < -0.39 is 6.36 Å². The molecule has 0 spiro atoms. The molecule has 3 aromatic rings. The number of nitrogens with zero attached hydrogens (tertiary/aromatic N) is 2. The molecule has 154 valence electrons. The Morgan fingerprint density at radius 2 is 1.90 bits per heavy atom. The van der Waals surface area contributed by atoms with Crippen LogP contribution in [0.15, 0.2) is 48.5 Å². The maximum atomic E-state index is 12.5. The maximum absolute atomic E-state index is 12.5. The molecule has 0 unspecified atom stereocenters. The Morgan fingerprint density at radius 1 is 1.17 bits per heavy atom. The highest BCUT2D eigenvalue weighted by Crippen LogP contribution is 2.26. The van der Waals surface area contributed by atoms with Gasteiger partial charge in [0.05, 0.1) is 17.6 Å².